The van der Waals surface area contributed by atoms with Gasteiger partial charge in [0.05, 0.1) is 16.0 Å². The summed E-state index contributed by atoms with van der Waals surface area (Å²) in [5.74, 6) is 1.25. The van der Waals surface area contributed by atoms with Crippen LogP contribution in [-0.4, -0.2) is 14.9 Å². The number of hydrogen-bond donors (Lipinski definition) is 1. The Labute approximate surface area is 167 Å². The molecule has 0 spiro atoms. The normalized spacial score (nSPS) is 10.9. The topological polar surface area (TPSA) is 81.0 Å². The first-order chi connectivity index (χ1) is 13.0. The van der Waals surface area contributed by atoms with Gasteiger partial charge in [-0.15, -0.1) is 11.3 Å². The van der Waals surface area contributed by atoms with Crippen molar-refractivity contribution in [3.63, 3.8) is 0 Å². The lowest BCUT2D eigenvalue weighted by molar-refractivity contribution is -0.384. The van der Waals surface area contributed by atoms with Crippen LogP contribution in [0.15, 0.2) is 59.1 Å². The standard InChI is InChI=1S/C19H13BrN4O2S/c1-11-21-18(23-16-9-13(24(25)26)7-8-15(16)20)14-10-17(27-19(14)22-11)12-5-3-2-4-6-12/h2-10H,1H3,(H,21,22,23). The van der Waals surface area contributed by atoms with E-state index in [2.05, 4.69) is 43.3 Å². The molecule has 134 valence electrons. The number of aromatic nitrogens is 2. The molecule has 0 aliphatic carbocycles. The Kier molecular flexibility index (Phi) is 4.59. The van der Waals surface area contributed by atoms with Crippen LogP contribution in [0.4, 0.5) is 17.2 Å². The zero-order valence-corrected chi connectivity index (χ0v) is 16.5. The first-order valence-electron chi connectivity index (χ1n) is 8.06. The van der Waals surface area contributed by atoms with E-state index >= 15 is 0 Å². The molecular weight excluding hydrogens is 428 g/mol. The molecule has 0 bridgehead atoms. The van der Waals surface area contributed by atoms with Crippen molar-refractivity contribution in [2.24, 2.45) is 0 Å². The van der Waals surface area contributed by atoms with Crippen molar-refractivity contribution >= 4 is 54.7 Å². The first kappa shape index (κ1) is 17.6. The van der Waals surface area contributed by atoms with E-state index in [1.54, 1.807) is 17.4 Å². The maximum absolute atomic E-state index is 11.1. The Morgan fingerprint density at radius 3 is 2.63 bits per heavy atom. The molecular formula is C19H13BrN4O2S. The summed E-state index contributed by atoms with van der Waals surface area (Å²) in [5, 5.41) is 15.2. The number of nitro groups is 1. The molecule has 6 nitrogen and oxygen atoms in total. The number of fused-ring (bicyclic) bond motifs is 1. The van der Waals surface area contributed by atoms with E-state index in [0.29, 0.717) is 17.3 Å². The molecule has 2 heterocycles. The van der Waals surface area contributed by atoms with E-state index in [-0.39, 0.29) is 5.69 Å². The Hall–Kier alpha value is -2.84. The number of nitrogens with zero attached hydrogens (tertiary/aromatic N) is 3. The van der Waals surface area contributed by atoms with Gasteiger partial charge in [-0.2, -0.15) is 0 Å². The fourth-order valence-electron chi connectivity index (χ4n) is 2.72. The van der Waals surface area contributed by atoms with Gasteiger partial charge in [-0.05, 0) is 40.5 Å². The number of hydrogen-bond acceptors (Lipinski definition) is 6. The van der Waals surface area contributed by atoms with Crippen LogP contribution in [0.3, 0.4) is 0 Å². The van der Waals surface area contributed by atoms with Crippen molar-refractivity contribution in [3.05, 3.63) is 75.0 Å². The van der Waals surface area contributed by atoms with E-state index in [1.165, 1.54) is 12.1 Å². The van der Waals surface area contributed by atoms with Crippen LogP contribution in [-0.2, 0) is 0 Å². The van der Waals surface area contributed by atoms with Crippen LogP contribution < -0.4 is 5.32 Å². The van der Waals surface area contributed by atoms with Crippen LogP contribution in [0.1, 0.15) is 5.82 Å². The summed E-state index contributed by atoms with van der Waals surface area (Å²) >= 11 is 5.03. The van der Waals surface area contributed by atoms with Crippen molar-refractivity contribution < 1.29 is 4.92 Å². The van der Waals surface area contributed by atoms with Crippen LogP contribution in [0.25, 0.3) is 20.7 Å². The molecule has 0 fully saturated rings. The Morgan fingerprint density at radius 2 is 1.89 bits per heavy atom. The molecule has 0 unspecified atom stereocenters. The highest BCUT2D eigenvalue weighted by Crippen LogP contribution is 2.37. The molecule has 0 saturated heterocycles. The van der Waals surface area contributed by atoms with Crippen LogP contribution in [0.2, 0.25) is 0 Å². The number of nitrogens with one attached hydrogen (secondary N) is 1. The largest absolute Gasteiger partial charge is 0.338 e. The summed E-state index contributed by atoms with van der Waals surface area (Å²) in [5.41, 5.74) is 1.70. The van der Waals surface area contributed by atoms with Crippen LogP contribution >= 0.6 is 27.3 Å². The third-order valence-electron chi connectivity index (χ3n) is 3.98. The fourth-order valence-corrected chi connectivity index (χ4v) is 4.15. The number of halogens is 1. The molecule has 0 radical (unpaired) electrons. The molecule has 2 aromatic heterocycles. The minimum atomic E-state index is -0.420. The van der Waals surface area contributed by atoms with Gasteiger partial charge in [0, 0.05) is 21.5 Å². The minimum absolute atomic E-state index is 0.0121. The average Bonchev–Trinajstić information content (AvgIpc) is 3.08. The van der Waals surface area contributed by atoms with Gasteiger partial charge < -0.3 is 5.32 Å². The van der Waals surface area contributed by atoms with Crippen molar-refractivity contribution in [3.8, 4) is 10.4 Å². The highest BCUT2D eigenvalue weighted by Gasteiger charge is 2.15. The van der Waals surface area contributed by atoms with Crippen molar-refractivity contribution in [1.29, 1.82) is 0 Å². The zero-order valence-electron chi connectivity index (χ0n) is 14.1. The molecule has 1 N–H and O–H groups in total. The maximum atomic E-state index is 11.1. The molecule has 0 atom stereocenters. The maximum Gasteiger partial charge on any atom is 0.271 e. The summed E-state index contributed by atoms with van der Waals surface area (Å²) in [4.78, 5) is 21.7. The summed E-state index contributed by atoms with van der Waals surface area (Å²) < 4.78 is 0.719. The van der Waals surface area contributed by atoms with Gasteiger partial charge in [0.2, 0.25) is 0 Å². The highest BCUT2D eigenvalue weighted by molar-refractivity contribution is 9.10. The number of non-ortho nitro benzene ring substituents is 1. The Morgan fingerprint density at radius 1 is 1.11 bits per heavy atom. The highest BCUT2D eigenvalue weighted by atomic mass is 79.9. The zero-order chi connectivity index (χ0) is 19.0. The summed E-state index contributed by atoms with van der Waals surface area (Å²) in [6.07, 6.45) is 0. The first-order valence-corrected chi connectivity index (χ1v) is 9.67. The number of aryl methyl sites for hydroxylation is 1. The van der Waals surface area contributed by atoms with Gasteiger partial charge in [-0.3, -0.25) is 10.1 Å². The lowest BCUT2D eigenvalue weighted by Crippen LogP contribution is -1.99. The van der Waals surface area contributed by atoms with E-state index in [1.807, 2.05) is 31.2 Å². The lowest BCUT2D eigenvalue weighted by atomic mass is 10.2. The summed E-state index contributed by atoms with van der Waals surface area (Å²) in [6.45, 7) is 1.83. The smallest absolute Gasteiger partial charge is 0.271 e. The SMILES string of the molecule is Cc1nc(Nc2cc([N+](=O)[O-])ccc2Br)c2cc(-c3ccccc3)sc2n1. The van der Waals surface area contributed by atoms with Gasteiger partial charge in [0.1, 0.15) is 16.5 Å². The third-order valence-corrected chi connectivity index (χ3v) is 5.75. The molecule has 8 heteroatoms. The molecule has 0 aliphatic rings. The van der Waals surface area contributed by atoms with Gasteiger partial charge in [0.25, 0.3) is 5.69 Å². The minimum Gasteiger partial charge on any atom is -0.338 e. The predicted octanol–water partition coefficient (Wildman–Crippen LogP) is 6.08. The Bertz CT molecular complexity index is 1160. The second kappa shape index (κ2) is 7.05. The summed E-state index contributed by atoms with van der Waals surface area (Å²) in [6, 6.07) is 16.7. The number of anilines is 2. The van der Waals surface area contributed by atoms with Gasteiger partial charge in [-0.1, -0.05) is 30.3 Å². The number of thiophene rings is 1. The Balaban J connectivity index is 1.81. The van der Waals surface area contributed by atoms with Crippen molar-refractivity contribution in [2.45, 2.75) is 6.92 Å². The molecule has 2 aromatic carbocycles. The van der Waals surface area contributed by atoms with Gasteiger partial charge in [0.15, 0.2) is 0 Å². The average molecular weight is 441 g/mol. The third kappa shape index (κ3) is 3.54. The molecule has 27 heavy (non-hydrogen) atoms. The molecule has 0 saturated carbocycles. The lowest BCUT2D eigenvalue weighted by Gasteiger charge is -2.09. The fraction of sp³-hybridized carbons (Fsp3) is 0.0526. The van der Waals surface area contributed by atoms with Crippen LogP contribution in [0.5, 0.6) is 0 Å². The number of rotatable bonds is 4. The van der Waals surface area contributed by atoms with E-state index in [4.69, 9.17) is 0 Å². The van der Waals surface area contributed by atoms with Gasteiger partial charge >= 0.3 is 0 Å². The van der Waals surface area contributed by atoms with Crippen molar-refractivity contribution in [1.82, 2.24) is 9.97 Å². The summed E-state index contributed by atoms with van der Waals surface area (Å²) in [7, 11) is 0. The van der Waals surface area contributed by atoms with E-state index in [9.17, 15) is 10.1 Å². The van der Waals surface area contributed by atoms with Crippen molar-refractivity contribution in [2.75, 3.05) is 5.32 Å². The monoisotopic (exact) mass is 440 g/mol. The number of nitro benzene ring substituents is 1. The quantitative estimate of drug-likeness (QED) is 0.307. The molecule has 0 aliphatic heterocycles. The predicted molar refractivity (Wildman–Crippen MR) is 112 cm³/mol. The van der Waals surface area contributed by atoms with E-state index in [0.717, 1.165) is 25.1 Å². The molecule has 0 amide bonds. The second-order valence-electron chi connectivity index (χ2n) is 5.86. The molecule has 4 rings (SSSR count). The van der Waals surface area contributed by atoms with Gasteiger partial charge in [-0.25, -0.2) is 9.97 Å². The second-order valence-corrected chi connectivity index (χ2v) is 7.75. The number of benzene rings is 2. The molecule has 4 aromatic rings. The van der Waals surface area contributed by atoms with E-state index < -0.39 is 4.92 Å². The van der Waals surface area contributed by atoms with Crippen LogP contribution in [0, 0.1) is 17.0 Å².